The number of amides is 1. The van der Waals surface area contributed by atoms with Crippen LogP contribution < -0.4 is 15.4 Å². The number of aromatic hydroxyl groups is 1. The average molecular weight is 361 g/mol. The molecule has 2 atom stereocenters. The van der Waals surface area contributed by atoms with Crippen molar-refractivity contribution in [2.45, 2.75) is 57.2 Å². The van der Waals surface area contributed by atoms with Gasteiger partial charge in [0.05, 0.1) is 7.11 Å². The van der Waals surface area contributed by atoms with Gasteiger partial charge in [-0.05, 0) is 69.9 Å². The van der Waals surface area contributed by atoms with Gasteiger partial charge in [-0.2, -0.15) is 0 Å². The van der Waals surface area contributed by atoms with Crippen molar-refractivity contribution in [1.29, 1.82) is 0 Å². The van der Waals surface area contributed by atoms with E-state index in [0.29, 0.717) is 23.4 Å². The summed E-state index contributed by atoms with van der Waals surface area (Å²) in [4.78, 5) is 15.0. The molecule has 1 aromatic carbocycles. The standard InChI is InChI=1S/C20H31N3O3/c1-3-10-23-11-8-15(9-12-23)21-16-5-6-17(16)22-20(25)14-4-7-18(24)19(13-14)26-2/h4,7,13,15-17,21,24H,3,5-6,8-12H2,1-2H3,(H,22,25)/t16-,17+/m1/s1. The number of hydrogen-bond donors (Lipinski definition) is 3. The van der Waals surface area contributed by atoms with Crippen molar-refractivity contribution < 1.29 is 14.6 Å². The molecule has 0 radical (unpaired) electrons. The van der Waals surface area contributed by atoms with Crippen LogP contribution in [0.25, 0.3) is 0 Å². The van der Waals surface area contributed by atoms with Crippen LogP contribution >= 0.6 is 0 Å². The number of carbonyl (C=O) groups is 1. The van der Waals surface area contributed by atoms with Gasteiger partial charge < -0.3 is 25.4 Å². The monoisotopic (exact) mass is 361 g/mol. The van der Waals surface area contributed by atoms with Crippen molar-refractivity contribution in [3.63, 3.8) is 0 Å². The maximum atomic E-state index is 12.5. The van der Waals surface area contributed by atoms with Gasteiger partial charge in [0, 0.05) is 23.7 Å². The zero-order valence-corrected chi connectivity index (χ0v) is 15.8. The van der Waals surface area contributed by atoms with E-state index in [1.807, 2.05) is 0 Å². The van der Waals surface area contributed by atoms with Crippen LogP contribution in [0.1, 0.15) is 49.4 Å². The predicted octanol–water partition coefficient (Wildman–Crippen LogP) is 2.13. The molecule has 3 N–H and O–H groups in total. The van der Waals surface area contributed by atoms with E-state index in [2.05, 4.69) is 22.5 Å². The number of benzene rings is 1. The van der Waals surface area contributed by atoms with Crippen LogP contribution in [-0.4, -0.2) is 60.8 Å². The fourth-order valence-corrected chi connectivity index (χ4v) is 3.89. The fraction of sp³-hybridized carbons (Fsp3) is 0.650. The molecule has 6 heteroatoms. The summed E-state index contributed by atoms with van der Waals surface area (Å²) in [5, 5.41) is 16.5. The largest absolute Gasteiger partial charge is 0.504 e. The number of nitrogens with one attached hydrogen (secondary N) is 2. The number of piperidine rings is 1. The molecule has 6 nitrogen and oxygen atoms in total. The Kier molecular flexibility index (Phi) is 6.38. The van der Waals surface area contributed by atoms with E-state index >= 15 is 0 Å². The molecular formula is C20H31N3O3. The summed E-state index contributed by atoms with van der Waals surface area (Å²) in [5.74, 6) is 0.249. The molecule has 1 saturated heterocycles. The molecule has 1 aliphatic heterocycles. The number of likely N-dealkylation sites (tertiary alicyclic amines) is 1. The molecule has 144 valence electrons. The Bertz CT molecular complexity index is 614. The van der Waals surface area contributed by atoms with Crippen LogP contribution in [0, 0.1) is 0 Å². The lowest BCUT2D eigenvalue weighted by molar-refractivity contribution is 0.0878. The van der Waals surface area contributed by atoms with Crippen molar-refractivity contribution in [1.82, 2.24) is 15.5 Å². The third-order valence-corrected chi connectivity index (χ3v) is 5.61. The second-order valence-electron chi connectivity index (χ2n) is 7.43. The third-order valence-electron chi connectivity index (χ3n) is 5.61. The van der Waals surface area contributed by atoms with Crippen LogP contribution in [0.2, 0.25) is 0 Å². The average Bonchev–Trinajstić information content (AvgIpc) is 2.65. The topological polar surface area (TPSA) is 73.8 Å². The summed E-state index contributed by atoms with van der Waals surface area (Å²) in [7, 11) is 1.48. The zero-order valence-electron chi connectivity index (χ0n) is 15.8. The smallest absolute Gasteiger partial charge is 0.251 e. The molecule has 1 saturated carbocycles. The highest BCUT2D eigenvalue weighted by Gasteiger charge is 2.34. The maximum Gasteiger partial charge on any atom is 0.251 e. The Morgan fingerprint density at radius 3 is 2.58 bits per heavy atom. The van der Waals surface area contributed by atoms with E-state index in [4.69, 9.17) is 4.74 Å². The van der Waals surface area contributed by atoms with E-state index in [9.17, 15) is 9.90 Å². The first kappa shape index (κ1) is 19.0. The van der Waals surface area contributed by atoms with Gasteiger partial charge in [0.25, 0.3) is 5.91 Å². The first-order chi connectivity index (χ1) is 12.6. The molecule has 0 bridgehead atoms. The molecule has 2 fully saturated rings. The summed E-state index contributed by atoms with van der Waals surface area (Å²) in [6.07, 6.45) is 5.71. The van der Waals surface area contributed by atoms with Crippen LogP contribution in [0.15, 0.2) is 18.2 Å². The summed E-state index contributed by atoms with van der Waals surface area (Å²) in [6.45, 7) is 5.77. The van der Waals surface area contributed by atoms with E-state index in [1.54, 1.807) is 12.1 Å². The number of carbonyl (C=O) groups excluding carboxylic acids is 1. The molecule has 0 spiro atoms. The summed E-state index contributed by atoms with van der Waals surface area (Å²) >= 11 is 0. The van der Waals surface area contributed by atoms with Crippen molar-refractivity contribution in [3.8, 4) is 11.5 Å². The van der Waals surface area contributed by atoms with Gasteiger partial charge in [-0.1, -0.05) is 6.92 Å². The minimum Gasteiger partial charge on any atom is -0.504 e. The van der Waals surface area contributed by atoms with Crippen molar-refractivity contribution >= 4 is 5.91 Å². The number of rotatable bonds is 7. The lowest BCUT2D eigenvalue weighted by atomic mass is 9.84. The van der Waals surface area contributed by atoms with Crippen LogP contribution in [0.3, 0.4) is 0 Å². The normalized spacial score (nSPS) is 24.1. The highest BCUT2D eigenvalue weighted by molar-refractivity contribution is 5.95. The van der Waals surface area contributed by atoms with E-state index < -0.39 is 0 Å². The molecule has 1 aliphatic carbocycles. The Balaban J connectivity index is 1.48. The minimum absolute atomic E-state index is 0.0432. The molecule has 1 amide bonds. The molecule has 0 unspecified atom stereocenters. The van der Waals surface area contributed by atoms with Gasteiger partial charge in [-0.15, -0.1) is 0 Å². The maximum absolute atomic E-state index is 12.5. The number of ether oxygens (including phenoxy) is 1. The number of phenols is 1. The summed E-state index contributed by atoms with van der Waals surface area (Å²) < 4.78 is 5.08. The molecule has 2 aliphatic rings. The zero-order chi connectivity index (χ0) is 18.5. The Labute approximate surface area is 155 Å². The van der Waals surface area contributed by atoms with Gasteiger partial charge in [-0.3, -0.25) is 4.79 Å². The lowest BCUT2D eigenvalue weighted by Crippen LogP contribution is -2.60. The highest BCUT2D eigenvalue weighted by atomic mass is 16.5. The second-order valence-corrected chi connectivity index (χ2v) is 7.43. The molecular weight excluding hydrogens is 330 g/mol. The molecule has 3 rings (SSSR count). The Morgan fingerprint density at radius 1 is 1.23 bits per heavy atom. The van der Waals surface area contributed by atoms with E-state index in [0.717, 1.165) is 12.8 Å². The number of nitrogens with zero attached hydrogens (tertiary/aromatic N) is 1. The number of methoxy groups -OCH3 is 1. The van der Waals surface area contributed by atoms with Gasteiger partial charge in [0.2, 0.25) is 0 Å². The van der Waals surface area contributed by atoms with Gasteiger partial charge in [-0.25, -0.2) is 0 Å². The first-order valence-electron chi connectivity index (χ1n) is 9.77. The number of phenolic OH excluding ortho intramolecular Hbond substituents is 1. The van der Waals surface area contributed by atoms with E-state index in [1.165, 1.54) is 52.1 Å². The molecule has 0 aromatic heterocycles. The highest BCUT2D eigenvalue weighted by Crippen LogP contribution is 2.27. The van der Waals surface area contributed by atoms with Crippen LogP contribution in [-0.2, 0) is 0 Å². The van der Waals surface area contributed by atoms with E-state index in [-0.39, 0.29) is 17.7 Å². The summed E-state index contributed by atoms with van der Waals surface area (Å²) in [5.41, 5.74) is 0.512. The van der Waals surface area contributed by atoms with Gasteiger partial charge >= 0.3 is 0 Å². The third kappa shape index (κ3) is 4.48. The summed E-state index contributed by atoms with van der Waals surface area (Å²) in [6, 6.07) is 5.79. The minimum atomic E-state index is -0.113. The fourth-order valence-electron chi connectivity index (χ4n) is 3.89. The second kappa shape index (κ2) is 8.73. The van der Waals surface area contributed by atoms with Crippen molar-refractivity contribution in [2.24, 2.45) is 0 Å². The lowest BCUT2D eigenvalue weighted by Gasteiger charge is -2.42. The molecule has 1 heterocycles. The quantitative estimate of drug-likeness (QED) is 0.694. The van der Waals surface area contributed by atoms with Gasteiger partial charge in [0.1, 0.15) is 0 Å². The van der Waals surface area contributed by atoms with Crippen LogP contribution in [0.5, 0.6) is 11.5 Å². The molecule has 1 aromatic rings. The van der Waals surface area contributed by atoms with Crippen molar-refractivity contribution in [2.75, 3.05) is 26.7 Å². The SMILES string of the molecule is CCCN1CCC(N[C@@H]2CC[C@@H]2NC(=O)c2ccc(O)c(OC)c2)CC1. The van der Waals surface area contributed by atoms with Crippen molar-refractivity contribution in [3.05, 3.63) is 23.8 Å². The van der Waals surface area contributed by atoms with Crippen LogP contribution in [0.4, 0.5) is 0 Å². The Morgan fingerprint density at radius 2 is 1.96 bits per heavy atom. The number of hydrogen-bond acceptors (Lipinski definition) is 5. The predicted molar refractivity (Wildman–Crippen MR) is 102 cm³/mol. The van der Waals surface area contributed by atoms with Gasteiger partial charge in [0.15, 0.2) is 11.5 Å². The molecule has 26 heavy (non-hydrogen) atoms. The first-order valence-corrected chi connectivity index (χ1v) is 9.77. The Hall–Kier alpha value is -1.79.